The minimum atomic E-state index is -0.979. The first-order chi connectivity index (χ1) is 11.5. The number of aliphatic hydroxyl groups is 5. The second-order valence-electron chi connectivity index (χ2n) is 7.13. The Morgan fingerprint density at radius 3 is 2.33 bits per heavy atom. The van der Waals surface area contributed by atoms with Gasteiger partial charge in [0.2, 0.25) is 0 Å². The van der Waals surface area contributed by atoms with E-state index >= 15 is 0 Å². The van der Waals surface area contributed by atoms with Crippen molar-refractivity contribution in [3.05, 3.63) is 0 Å². The van der Waals surface area contributed by atoms with Gasteiger partial charge in [0.1, 0.15) is 18.3 Å². The molecule has 3 aliphatic rings. The molecule has 24 heavy (non-hydrogen) atoms. The average molecular weight is 348 g/mol. The van der Waals surface area contributed by atoms with Gasteiger partial charge in [-0.15, -0.1) is 0 Å². The second-order valence-corrected chi connectivity index (χ2v) is 7.13. The summed E-state index contributed by atoms with van der Waals surface area (Å²) in [6, 6.07) is 0. The van der Waals surface area contributed by atoms with Gasteiger partial charge in [-0.1, -0.05) is 6.42 Å². The summed E-state index contributed by atoms with van der Waals surface area (Å²) < 4.78 is 16.5. The summed E-state index contributed by atoms with van der Waals surface area (Å²) in [6.07, 6.45) is -2.60. The number of rotatable bonds is 5. The molecule has 0 amide bonds. The van der Waals surface area contributed by atoms with Crippen LogP contribution >= 0.6 is 0 Å². The van der Waals surface area contributed by atoms with Crippen molar-refractivity contribution in [2.75, 3.05) is 19.8 Å². The molecule has 0 bridgehead atoms. The van der Waals surface area contributed by atoms with Crippen molar-refractivity contribution in [1.29, 1.82) is 0 Å². The predicted molar refractivity (Wildman–Crippen MR) is 80.9 cm³/mol. The summed E-state index contributed by atoms with van der Waals surface area (Å²) in [5.41, 5.74) is 0. The largest absolute Gasteiger partial charge is 0.394 e. The molecule has 6 unspecified atom stereocenters. The molecule has 8 nitrogen and oxygen atoms in total. The lowest BCUT2D eigenvalue weighted by atomic mass is 9.69. The zero-order valence-electron chi connectivity index (χ0n) is 13.6. The Morgan fingerprint density at radius 2 is 1.75 bits per heavy atom. The average Bonchev–Trinajstić information content (AvgIpc) is 2.52. The van der Waals surface area contributed by atoms with Crippen LogP contribution in [0.15, 0.2) is 0 Å². The standard InChI is InChI=1S/C16H28O8/c17-5-12-14(20)13(8-2-1-3-8)15(21)16(24-12)23-6-9-4-10(18)11(19)7-22-9/h8-21H,1-7H2/t9?,10?,11?,12?,13?,14-,15?,16+/m1/s1. The topological polar surface area (TPSA) is 129 Å². The van der Waals surface area contributed by atoms with Crippen LogP contribution in [0.25, 0.3) is 0 Å². The van der Waals surface area contributed by atoms with Gasteiger partial charge in [-0.05, 0) is 18.8 Å². The minimum Gasteiger partial charge on any atom is -0.394 e. The lowest BCUT2D eigenvalue weighted by Crippen LogP contribution is -2.59. The van der Waals surface area contributed by atoms with Crippen molar-refractivity contribution in [3.8, 4) is 0 Å². The zero-order valence-corrected chi connectivity index (χ0v) is 13.6. The first-order valence-corrected chi connectivity index (χ1v) is 8.73. The smallest absolute Gasteiger partial charge is 0.184 e. The van der Waals surface area contributed by atoms with Gasteiger partial charge < -0.3 is 39.7 Å². The van der Waals surface area contributed by atoms with Crippen molar-refractivity contribution in [2.24, 2.45) is 11.8 Å². The van der Waals surface area contributed by atoms with Crippen molar-refractivity contribution < 1.29 is 39.7 Å². The molecule has 8 heteroatoms. The number of aliphatic hydroxyl groups excluding tert-OH is 5. The summed E-state index contributed by atoms with van der Waals surface area (Å²) in [6.45, 7) is -0.217. The summed E-state index contributed by atoms with van der Waals surface area (Å²) in [4.78, 5) is 0. The highest BCUT2D eigenvalue weighted by Crippen LogP contribution is 2.41. The molecule has 0 spiro atoms. The van der Waals surface area contributed by atoms with E-state index in [1.807, 2.05) is 0 Å². The van der Waals surface area contributed by atoms with Crippen molar-refractivity contribution >= 4 is 0 Å². The van der Waals surface area contributed by atoms with Crippen LogP contribution in [0.4, 0.5) is 0 Å². The van der Waals surface area contributed by atoms with E-state index in [0.717, 1.165) is 19.3 Å². The van der Waals surface area contributed by atoms with Gasteiger partial charge in [0.25, 0.3) is 0 Å². The van der Waals surface area contributed by atoms with E-state index in [9.17, 15) is 25.5 Å². The van der Waals surface area contributed by atoms with E-state index in [0.29, 0.717) is 0 Å². The molecular weight excluding hydrogens is 320 g/mol. The third-order valence-corrected chi connectivity index (χ3v) is 5.53. The third kappa shape index (κ3) is 3.76. The van der Waals surface area contributed by atoms with Crippen LogP contribution in [0, 0.1) is 11.8 Å². The highest BCUT2D eigenvalue weighted by Gasteiger charge is 2.49. The number of hydrogen-bond acceptors (Lipinski definition) is 8. The fourth-order valence-corrected chi connectivity index (χ4v) is 3.79. The van der Waals surface area contributed by atoms with Gasteiger partial charge in [0.05, 0.1) is 38.1 Å². The summed E-state index contributed by atoms with van der Waals surface area (Å²) in [5.74, 6) is -0.170. The molecule has 1 saturated carbocycles. The normalized spacial score (nSPS) is 47.4. The van der Waals surface area contributed by atoms with E-state index in [2.05, 4.69) is 0 Å². The Labute approximate surface area is 141 Å². The fraction of sp³-hybridized carbons (Fsp3) is 1.00. The van der Waals surface area contributed by atoms with Crippen LogP contribution in [0.2, 0.25) is 0 Å². The molecule has 2 heterocycles. The van der Waals surface area contributed by atoms with E-state index < -0.39 is 42.9 Å². The van der Waals surface area contributed by atoms with Crippen LogP contribution in [-0.4, -0.2) is 88.3 Å². The van der Waals surface area contributed by atoms with Gasteiger partial charge >= 0.3 is 0 Å². The first-order valence-electron chi connectivity index (χ1n) is 8.73. The Balaban J connectivity index is 1.57. The van der Waals surface area contributed by atoms with Crippen LogP contribution in [0.5, 0.6) is 0 Å². The zero-order chi connectivity index (χ0) is 17.3. The summed E-state index contributed by atoms with van der Waals surface area (Å²) in [5, 5.41) is 49.4. The minimum absolute atomic E-state index is 0.0337. The molecule has 0 aromatic rings. The van der Waals surface area contributed by atoms with E-state index in [-0.39, 0.29) is 38.1 Å². The van der Waals surface area contributed by atoms with E-state index in [4.69, 9.17) is 14.2 Å². The van der Waals surface area contributed by atoms with Gasteiger partial charge in [-0.3, -0.25) is 0 Å². The highest BCUT2D eigenvalue weighted by atomic mass is 16.7. The number of ether oxygens (including phenoxy) is 3. The first kappa shape index (κ1) is 18.5. The van der Waals surface area contributed by atoms with Crippen molar-refractivity contribution in [2.45, 2.75) is 68.6 Å². The number of hydrogen-bond donors (Lipinski definition) is 5. The van der Waals surface area contributed by atoms with Crippen molar-refractivity contribution in [1.82, 2.24) is 0 Å². The Hall–Kier alpha value is -0.320. The molecule has 1 aliphatic carbocycles. The molecule has 2 aliphatic heterocycles. The van der Waals surface area contributed by atoms with Crippen LogP contribution < -0.4 is 0 Å². The van der Waals surface area contributed by atoms with Crippen LogP contribution in [0.1, 0.15) is 25.7 Å². The van der Waals surface area contributed by atoms with E-state index in [1.165, 1.54) is 0 Å². The summed E-state index contributed by atoms with van der Waals surface area (Å²) >= 11 is 0. The molecule has 0 aromatic carbocycles. The quantitative estimate of drug-likeness (QED) is 0.400. The monoisotopic (exact) mass is 348 g/mol. The predicted octanol–water partition coefficient (Wildman–Crippen LogP) is -1.63. The lowest BCUT2D eigenvalue weighted by molar-refractivity contribution is -0.305. The SMILES string of the molecule is OCC1O[C@H](OCC2CC(O)C(O)CO2)C(O)C(C2CCC2)[C@@H]1O. The lowest BCUT2D eigenvalue weighted by Gasteiger charge is -2.47. The molecule has 140 valence electrons. The Bertz CT molecular complexity index is 404. The third-order valence-electron chi connectivity index (χ3n) is 5.53. The van der Waals surface area contributed by atoms with E-state index in [1.54, 1.807) is 0 Å². The second kappa shape index (κ2) is 7.92. The van der Waals surface area contributed by atoms with Gasteiger partial charge in [0, 0.05) is 12.3 Å². The van der Waals surface area contributed by atoms with Gasteiger partial charge in [-0.25, -0.2) is 0 Å². The van der Waals surface area contributed by atoms with Crippen LogP contribution in [-0.2, 0) is 14.2 Å². The van der Waals surface area contributed by atoms with Gasteiger partial charge in [0.15, 0.2) is 6.29 Å². The summed E-state index contributed by atoms with van der Waals surface area (Å²) in [7, 11) is 0. The maximum atomic E-state index is 10.5. The maximum absolute atomic E-state index is 10.5. The van der Waals surface area contributed by atoms with Gasteiger partial charge in [-0.2, -0.15) is 0 Å². The molecule has 8 atom stereocenters. The Morgan fingerprint density at radius 1 is 1.00 bits per heavy atom. The molecule has 5 N–H and O–H groups in total. The highest BCUT2D eigenvalue weighted by molar-refractivity contribution is 4.95. The molecule has 0 radical (unpaired) electrons. The van der Waals surface area contributed by atoms with Crippen molar-refractivity contribution in [3.63, 3.8) is 0 Å². The molecule has 3 rings (SSSR count). The maximum Gasteiger partial charge on any atom is 0.184 e. The molecule has 2 saturated heterocycles. The Kier molecular flexibility index (Phi) is 6.10. The van der Waals surface area contributed by atoms with Crippen LogP contribution in [0.3, 0.4) is 0 Å². The molecular formula is C16H28O8. The molecule has 3 fully saturated rings. The molecule has 0 aromatic heterocycles. The fourth-order valence-electron chi connectivity index (χ4n) is 3.79.